The van der Waals surface area contributed by atoms with E-state index in [1.165, 1.54) is 4.31 Å². The molecule has 10 heteroatoms. The van der Waals surface area contributed by atoms with Crippen LogP contribution in [0.1, 0.15) is 6.42 Å². The molecule has 1 rings (SSSR count). The lowest BCUT2D eigenvalue weighted by atomic mass is 10.1. The molecule has 7 nitrogen and oxygen atoms in total. The molecule has 1 fully saturated rings. The van der Waals surface area contributed by atoms with Crippen LogP contribution in [0.2, 0.25) is 0 Å². The molecule has 0 spiro atoms. The molecule has 2 atom stereocenters. The lowest BCUT2D eigenvalue weighted by molar-refractivity contribution is 0.106. The number of carboxylic acid groups (broad SMARTS) is 1. The molecule has 0 aromatic heterocycles. The van der Waals surface area contributed by atoms with Gasteiger partial charge in [0.05, 0.1) is 18.5 Å². The van der Waals surface area contributed by atoms with E-state index in [0.717, 1.165) is 4.90 Å². The number of hydrogen-bond acceptors (Lipinski definition) is 4. The highest BCUT2D eigenvalue weighted by Crippen LogP contribution is 2.23. The number of hydrogen-bond donors (Lipinski definition) is 1. The highest BCUT2D eigenvalue weighted by molar-refractivity contribution is 9.13. The van der Waals surface area contributed by atoms with Gasteiger partial charge in [0.15, 0.2) is 0 Å². The molecule has 0 bridgehead atoms. The molecule has 1 amide bonds. The zero-order valence-electron chi connectivity index (χ0n) is 9.87. The predicted molar refractivity (Wildman–Crippen MR) is 75.8 cm³/mol. The number of alkyl halides is 2. The van der Waals surface area contributed by atoms with E-state index in [-0.39, 0.29) is 31.4 Å². The number of sulfonamides is 1. The lowest BCUT2D eigenvalue weighted by Gasteiger charge is -2.39. The third kappa shape index (κ3) is 3.81. The molecular weight excluding hydrogens is 406 g/mol. The maximum Gasteiger partial charge on any atom is 0.407 e. The monoisotopic (exact) mass is 417 g/mol. The smallest absolute Gasteiger partial charge is 0.407 e. The molecule has 0 aromatic rings. The number of amides is 1. The van der Waals surface area contributed by atoms with E-state index in [0.29, 0.717) is 0 Å². The van der Waals surface area contributed by atoms with Gasteiger partial charge in [-0.1, -0.05) is 31.9 Å². The van der Waals surface area contributed by atoms with E-state index in [2.05, 4.69) is 31.9 Å². The molecule has 1 unspecified atom stereocenters. The van der Waals surface area contributed by atoms with Gasteiger partial charge < -0.3 is 10.0 Å². The van der Waals surface area contributed by atoms with Crippen LogP contribution in [-0.4, -0.2) is 64.0 Å². The van der Waals surface area contributed by atoms with Gasteiger partial charge in [0.2, 0.25) is 10.0 Å². The average Bonchev–Trinajstić information content (AvgIpc) is 2.37. The van der Waals surface area contributed by atoms with Crippen molar-refractivity contribution in [3.05, 3.63) is 0 Å². The number of carbonyl (C=O) groups is 1. The number of halogens is 2. The Morgan fingerprint density at radius 3 is 2.63 bits per heavy atom. The van der Waals surface area contributed by atoms with E-state index in [9.17, 15) is 13.2 Å². The Labute approximate surface area is 128 Å². The minimum atomic E-state index is -3.60. The Bertz CT molecular complexity index is 478. The zero-order valence-corrected chi connectivity index (χ0v) is 13.9. The van der Waals surface area contributed by atoms with Crippen LogP contribution in [0, 0.1) is 11.3 Å². The predicted octanol–water partition coefficient (Wildman–Crippen LogP) is 1.01. The first kappa shape index (κ1) is 16.7. The van der Waals surface area contributed by atoms with Crippen LogP contribution in [-0.2, 0) is 10.0 Å². The third-order valence-corrected chi connectivity index (χ3v) is 8.43. The van der Waals surface area contributed by atoms with Gasteiger partial charge in [-0.25, -0.2) is 13.2 Å². The van der Waals surface area contributed by atoms with E-state index in [4.69, 9.17) is 10.4 Å². The molecule has 1 aliphatic heterocycles. The number of piperazine rings is 1. The first-order chi connectivity index (χ1) is 8.84. The summed E-state index contributed by atoms with van der Waals surface area (Å²) in [4.78, 5) is 12.0. The van der Waals surface area contributed by atoms with Crippen molar-refractivity contribution in [2.75, 3.05) is 25.0 Å². The summed E-state index contributed by atoms with van der Waals surface area (Å²) in [5, 5.41) is 17.9. The van der Waals surface area contributed by atoms with Crippen molar-refractivity contribution >= 4 is 48.0 Å². The normalized spacial score (nSPS) is 22.8. The van der Waals surface area contributed by atoms with Gasteiger partial charge in [0, 0.05) is 25.0 Å². The molecule has 1 N–H and O–H groups in total. The molecule has 0 radical (unpaired) electrons. The summed E-state index contributed by atoms with van der Waals surface area (Å²) in [6.07, 6.45) is -1.14. The van der Waals surface area contributed by atoms with Crippen LogP contribution in [0.5, 0.6) is 0 Å². The lowest BCUT2D eigenvalue weighted by Crippen LogP contribution is -2.57. The van der Waals surface area contributed by atoms with Crippen molar-refractivity contribution < 1.29 is 18.3 Å². The number of rotatable bonds is 4. The van der Waals surface area contributed by atoms with Gasteiger partial charge in [0.1, 0.15) is 4.16 Å². The summed E-state index contributed by atoms with van der Waals surface area (Å²) in [5.74, 6) is 0. The second kappa shape index (κ2) is 6.88. The largest absolute Gasteiger partial charge is 0.465 e. The summed E-state index contributed by atoms with van der Waals surface area (Å²) in [6.45, 7) is 0.193. The molecule has 1 saturated heterocycles. The number of nitrogens with zero attached hydrogens (tertiary/aromatic N) is 3. The van der Waals surface area contributed by atoms with Crippen molar-refractivity contribution in [3.63, 3.8) is 0 Å². The van der Waals surface area contributed by atoms with Crippen LogP contribution < -0.4 is 0 Å². The van der Waals surface area contributed by atoms with Gasteiger partial charge in [-0.15, -0.1) is 0 Å². The fourth-order valence-electron chi connectivity index (χ4n) is 1.85. The molecular formula is C9H13Br2N3O4S. The second-order valence-corrected chi connectivity index (χ2v) is 8.39. The van der Waals surface area contributed by atoms with E-state index in [1.807, 2.05) is 6.07 Å². The maximum atomic E-state index is 12.3. The van der Waals surface area contributed by atoms with E-state index < -0.39 is 26.3 Å². The Morgan fingerprint density at radius 1 is 1.53 bits per heavy atom. The Kier molecular flexibility index (Phi) is 6.04. The minimum Gasteiger partial charge on any atom is -0.465 e. The summed E-state index contributed by atoms with van der Waals surface area (Å²) in [7, 11) is -3.60. The fraction of sp³-hybridized carbons (Fsp3) is 0.778. The Balaban J connectivity index is 2.95. The van der Waals surface area contributed by atoms with Gasteiger partial charge in [0.25, 0.3) is 0 Å². The molecule has 1 aliphatic rings. The van der Waals surface area contributed by atoms with Crippen molar-refractivity contribution in [1.29, 1.82) is 5.26 Å². The highest BCUT2D eigenvalue weighted by atomic mass is 79.9. The highest BCUT2D eigenvalue weighted by Gasteiger charge is 2.39. The minimum absolute atomic E-state index is 0.0180. The summed E-state index contributed by atoms with van der Waals surface area (Å²) in [6, 6.07) is 1.26. The quantitative estimate of drug-likeness (QED) is 0.686. The summed E-state index contributed by atoms with van der Waals surface area (Å²) >= 11 is 6.16. The second-order valence-electron chi connectivity index (χ2n) is 3.96. The fourth-order valence-corrected chi connectivity index (χ4v) is 4.84. The van der Waals surface area contributed by atoms with E-state index >= 15 is 0 Å². The molecule has 108 valence electrons. The summed E-state index contributed by atoms with van der Waals surface area (Å²) in [5.41, 5.74) is 0. The molecule has 0 aliphatic carbocycles. The summed E-state index contributed by atoms with van der Waals surface area (Å²) < 4.78 is 24.9. The maximum absolute atomic E-state index is 12.3. The van der Waals surface area contributed by atoms with Crippen LogP contribution in [0.3, 0.4) is 0 Å². The molecule has 1 heterocycles. The van der Waals surface area contributed by atoms with Gasteiger partial charge in [-0.3, -0.25) is 0 Å². The van der Waals surface area contributed by atoms with E-state index in [1.54, 1.807) is 0 Å². The first-order valence-corrected chi connectivity index (χ1v) is 8.94. The standard InChI is InChI=1S/C9H13Br2N3O4S/c10-5-8(11)19(17,18)14-4-3-13(9(15)16)6-7(14)1-2-12/h7-8H,1,3-6H2,(H,15,16)/t7-,8?/m0/s1. The van der Waals surface area contributed by atoms with Crippen LogP contribution in [0.4, 0.5) is 4.79 Å². The zero-order chi connectivity index (χ0) is 14.6. The molecule has 0 aromatic carbocycles. The average molecular weight is 419 g/mol. The molecule has 19 heavy (non-hydrogen) atoms. The van der Waals surface area contributed by atoms with Gasteiger partial charge in [-0.05, 0) is 0 Å². The molecule has 0 saturated carbocycles. The van der Waals surface area contributed by atoms with Gasteiger partial charge in [-0.2, -0.15) is 9.57 Å². The van der Waals surface area contributed by atoms with Crippen molar-refractivity contribution in [3.8, 4) is 6.07 Å². The first-order valence-electron chi connectivity index (χ1n) is 5.40. The third-order valence-electron chi connectivity index (χ3n) is 2.80. The van der Waals surface area contributed by atoms with Gasteiger partial charge >= 0.3 is 6.09 Å². The van der Waals surface area contributed by atoms with Crippen molar-refractivity contribution in [1.82, 2.24) is 9.21 Å². The van der Waals surface area contributed by atoms with Crippen molar-refractivity contribution in [2.24, 2.45) is 0 Å². The topological polar surface area (TPSA) is 102 Å². The SMILES string of the molecule is N#CC[C@H]1CN(C(=O)O)CCN1S(=O)(=O)C(Br)CBr. The number of nitriles is 1. The van der Waals surface area contributed by atoms with Crippen LogP contribution >= 0.6 is 31.9 Å². The van der Waals surface area contributed by atoms with Crippen LogP contribution in [0.15, 0.2) is 0 Å². The Morgan fingerprint density at radius 2 is 2.16 bits per heavy atom. The van der Waals surface area contributed by atoms with Crippen LogP contribution in [0.25, 0.3) is 0 Å². The van der Waals surface area contributed by atoms with Crippen molar-refractivity contribution in [2.45, 2.75) is 16.6 Å². The Hall–Kier alpha value is -0.370.